The molecule has 1 aliphatic heterocycles. The molecule has 2 rings (SSSR count). The van der Waals surface area contributed by atoms with Crippen LogP contribution < -0.4 is 10.2 Å². The lowest BCUT2D eigenvalue weighted by molar-refractivity contribution is -0.384. The van der Waals surface area contributed by atoms with E-state index in [-0.39, 0.29) is 16.7 Å². The van der Waals surface area contributed by atoms with Crippen LogP contribution in [0.1, 0.15) is 0 Å². The molecule has 1 heterocycles. The Morgan fingerprint density at radius 1 is 1.61 bits per heavy atom. The van der Waals surface area contributed by atoms with E-state index in [2.05, 4.69) is 5.32 Å². The lowest BCUT2D eigenvalue weighted by Crippen LogP contribution is -2.44. The SMILES string of the molecule is CN(CC1CNCCO1)c1cccc([N+](=O)[O-])c1. The summed E-state index contributed by atoms with van der Waals surface area (Å²) in [6.45, 7) is 3.14. The zero-order chi connectivity index (χ0) is 13.0. The number of hydrogen-bond acceptors (Lipinski definition) is 5. The van der Waals surface area contributed by atoms with Crippen LogP contribution in [0.4, 0.5) is 11.4 Å². The molecule has 1 aromatic rings. The van der Waals surface area contributed by atoms with Gasteiger partial charge in [0.25, 0.3) is 5.69 Å². The predicted molar refractivity (Wildman–Crippen MR) is 69.0 cm³/mol. The molecule has 1 fully saturated rings. The van der Waals surface area contributed by atoms with E-state index in [0.29, 0.717) is 13.2 Å². The van der Waals surface area contributed by atoms with Crippen molar-refractivity contribution in [2.24, 2.45) is 0 Å². The topological polar surface area (TPSA) is 67.6 Å². The molecule has 1 unspecified atom stereocenters. The third-order valence-electron chi connectivity index (χ3n) is 2.96. The first-order valence-electron chi connectivity index (χ1n) is 5.95. The van der Waals surface area contributed by atoms with E-state index in [1.54, 1.807) is 12.1 Å². The number of benzene rings is 1. The van der Waals surface area contributed by atoms with E-state index in [0.717, 1.165) is 18.8 Å². The van der Waals surface area contributed by atoms with Crippen LogP contribution in [-0.2, 0) is 4.74 Å². The van der Waals surface area contributed by atoms with Crippen molar-refractivity contribution < 1.29 is 9.66 Å². The summed E-state index contributed by atoms with van der Waals surface area (Å²) >= 11 is 0. The minimum atomic E-state index is -0.379. The van der Waals surface area contributed by atoms with E-state index in [1.807, 2.05) is 18.0 Å². The van der Waals surface area contributed by atoms with Crippen molar-refractivity contribution >= 4 is 11.4 Å². The Morgan fingerprint density at radius 3 is 3.11 bits per heavy atom. The summed E-state index contributed by atoms with van der Waals surface area (Å²) in [5.74, 6) is 0. The summed E-state index contributed by atoms with van der Waals surface area (Å²) < 4.78 is 5.61. The predicted octanol–water partition coefficient (Wildman–Crippen LogP) is 1.02. The van der Waals surface area contributed by atoms with Gasteiger partial charge in [0.05, 0.1) is 17.6 Å². The van der Waals surface area contributed by atoms with E-state index >= 15 is 0 Å². The van der Waals surface area contributed by atoms with Gasteiger partial charge >= 0.3 is 0 Å². The van der Waals surface area contributed by atoms with Gasteiger partial charge in [-0.2, -0.15) is 0 Å². The van der Waals surface area contributed by atoms with Gasteiger partial charge in [0.15, 0.2) is 0 Å². The molecule has 1 aliphatic rings. The van der Waals surface area contributed by atoms with Crippen LogP contribution in [0, 0.1) is 10.1 Å². The number of morpholine rings is 1. The number of rotatable bonds is 4. The molecular formula is C12H17N3O3. The van der Waals surface area contributed by atoms with E-state index < -0.39 is 0 Å². The molecule has 98 valence electrons. The number of nitro groups is 1. The van der Waals surface area contributed by atoms with Gasteiger partial charge in [-0.25, -0.2) is 0 Å². The first-order valence-corrected chi connectivity index (χ1v) is 5.95. The molecular weight excluding hydrogens is 234 g/mol. The Balaban J connectivity index is 2.01. The van der Waals surface area contributed by atoms with Crippen molar-refractivity contribution in [2.75, 3.05) is 38.2 Å². The number of nitrogens with zero attached hydrogens (tertiary/aromatic N) is 2. The minimum absolute atomic E-state index is 0.113. The molecule has 1 atom stereocenters. The van der Waals surface area contributed by atoms with Gasteiger partial charge in [-0.1, -0.05) is 6.07 Å². The Labute approximate surface area is 106 Å². The summed E-state index contributed by atoms with van der Waals surface area (Å²) in [5.41, 5.74) is 0.945. The fourth-order valence-corrected chi connectivity index (χ4v) is 1.99. The van der Waals surface area contributed by atoms with E-state index in [4.69, 9.17) is 4.74 Å². The average molecular weight is 251 g/mol. The highest BCUT2D eigenvalue weighted by Crippen LogP contribution is 2.20. The van der Waals surface area contributed by atoms with Gasteiger partial charge in [-0.3, -0.25) is 10.1 Å². The monoisotopic (exact) mass is 251 g/mol. The number of anilines is 1. The summed E-state index contributed by atoms with van der Waals surface area (Å²) in [6, 6.07) is 6.64. The zero-order valence-electron chi connectivity index (χ0n) is 10.3. The Morgan fingerprint density at radius 2 is 2.44 bits per heavy atom. The lowest BCUT2D eigenvalue weighted by Gasteiger charge is -2.29. The van der Waals surface area contributed by atoms with Crippen LogP contribution >= 0.6 is 0 Å². The van der Waals surface area contributed by atoms with Crippen molar-refractivity contribution in [1.29, 1.82) is 0 Å². The number of non-ortho nitro benzene ring substituents is 1. The van der Waals surface area contributed by atoms with Crippen molar-refractivity contribution in [2.45, 2.75) is 6.10 Å². The van der Waals surface area contributed by atoms with Gasteiger partial charge in [-0.15, -0.1) is 0 Å². The van der Waals surface area contributed by atoms with E-state index in [9.17, 15) is 10.1 Å². The highest BCUT2D eigenvalue weighted by atomic mass is 16.6. The number of ether oxygens (including phenoxy) is 1. The third kappa shape index (κ3) is 3.18. The molecule has 1 N–H and O–H groups in total. The van der Waals surface area contributed by atoms with Crippen LogP contribution in [0.15, 0.2) is 24.3 Å². The number of nitrogens with one attached hydrogen (secondary N) is 1. The van der Waals surface area contributed by atoms with Gasteiger partial charge in [0, 0.05) is 44.5 Å². The minimum Gasteiger partial charge on any atom is -0.374 e. The lowest BCUT2D eigenvalue weighted by atomic mass is 10.2. The van der Waals surface area contributed by atoms with Crippen LogP contribution in [0.25, 0.3) is 0 Å². The largest absolute Gasteiger partial charge is 0.374 e. The zero-order valence-corrected chi connectivity index (χ0v) is 10.3. The van der Waals surface area contributed by atoms with Gasteiger partial charge in [-0.05, 0) is 6.07 Å². The van der Waals surface area contributed by atoms with Gasteiger partial charge in [0.2, 0.25) is 0 Å². The smallest absolute Gasteiger partial charge is 0.271 e. The van der Waals surface area contributed by atoms with Gasteiger partial charge < -0.3 is 15.0 Å². The number of nitro benzene ring substituents is 1. The van der Waals surface area contributed by atoms with Gasteiger partial charge in [0.1, 0.15) is 0 Å². The second-order valence-electron chi connectivity index (χ2n) is 4.35. The number of hydrogen-bond donors (Lipinski definition) is 1. The van der Waals surface area contributed by atoms with Crippen molar-refractivity contribution in [3.8, 4) is 0 Å². The van der Waals surface area contributed by atoms with Crippen molar-refractivity contribution in [3.63, 3.8) is 0 Å². The fourth-order valence-electron chi connectivity index (χ4n) is 1.99. The van der Waals surface area contributed by atoms with Crippen LogP contribution in [0.5, 0.6) is 0 Å². The maximum Gasteiger partial charge on any atom is 0.271 e. The first-order chi connectivity index (χ1) is 8.66. The van der Waals surface area contributed by atoms with Crippen LogP contribution in [0.3, 0.4) is 0 Å². The number of likely N-dealkylation sites (N-methyl/N-ethyl adjacent to an activating group) is 1. The molecule has 0 amide bonds. The molecule has 0 aromatic heterocycles. The maximum absolute atomic E-state index is 10.7. The average Bonchev–Trinajstić information content (AvgIpc) is 2.40. The fraction of sp³-hybridized carbons (Fsp3) is 0.500. The van der Waals surface area contributed by atoms with E-state index in [1.165, 1.54) is 6.07 Å². The maximum atomic E-state index is 10.7. The molecule has 18 heavy (non-hydrogen) atoms. The highest BCUT2D eigenvalue weighted by Gasteiger charge is 2.16. The summed E-state index contributed by atoms with van der Waals surface area (Å²) in [7, 11) is 1.91. The second kappa shape index (κ2) is 5.79. The third-order valence-corrected chi connectivity index (χ3v) is 2.96. The second-order valence-corrected chi connectivity index (χ2v) is 4.35. The molecule has 0 aliphatic carbocycles. The molecule has 6 heteroatoms. The Hall–Kier alpha value is -1.66. The quantitative estimate of drug-likeness (QED) is 0.639. The molecule has 1 aromatic carbocycles. The normalized spacial score (nSPS) is 19.5. The van der Waals surface area contributed by atoms with Crippen molar-refractivity contribution in [1.82, 2.24) is 5.32 Å². The Bertz CT molecular complexity index is 419. The van der Waals surface area contributed by atoms with Crippen LogP contribution in [0.2, 0.25) is 0 Å². The molecule has 0 bridgehead atoms. The Kier molecular flexibility index (Phi) is 4.11. The highest BCUT2D eigenvalue weighted by molar-refractivity contribution is 5.52. The summed E-state index contributed by atoms with van der Waals surface area (Å²) in [4.78, 5) is 12.3. The molecule has 1 saturated heterocycles. The molecule has 6 nitrogen and oxygen atoms in total. The summed E-state index contributed by atoms with van der Waals surface area (Å²) in [5, 5.41) is 14.0. The van der Waals surface area contributed by atoms with Crippen molar-refractivity contribution in [3.05, 3.63) is 34.4 Å². The first kappa shape index (κ1) is 12.8. The molecule has 0 saturated carbocycles. The molecule has 0 radical (unpaired) electrons. The summed E-state index contributed by atoms with van der Waals surface area (Å²) in [6.07, 6.45) is 0.128. The standard InChI is InChI=1S/C12H17N3O3/c1-14(9-12-8-13-5-6-18-12)10-3-2-4-11(7-10)15(16)17/h2-4,7,12-13H,5-6,8-9H2,1H3. The molecule has 0 spiro atoms. The van der Waals surface area contributed by atoms with Crippen LogP contribution in [-0.4, -0.2) is 44.3 Å².